The van der Waals surface area contributed by atoms with Crippen molar-refractivity contribution in [1.82, 2.24) is 0 Å². The second-order valence-electron chi connectivity index (χ2n) is 3.22. The third kappa shape index (κ3) is 2.36. The maximum absolute atomic E-state index is 9.22. The smallest absolute Gasteiger partial charge is 0.0556 e. The van der Waals surface area contributed by atoms with Gasteiger partial charge in [-0.3, -0.25) is 0 Å². The van der Waals surface area contributed by atoms with Gasteiger partial charge in [0.2, 0.25) is 0 Å². The van der Waals surface area contributed by atoms with Gasteiger partial charge in [-0.05, 0) is 19.3 Å². The number of aliphatic hydroxyl groups excluding tert-OH is 1. The highest BCUT2D eigenvalue weighted by Gasteiger charge is 2.23. The van der Waals surface area contributed by atoms with Crippen LogP contribution in [0.2, 0.25) is 0 Å². The predicted molar refractivity (Wildman–Crippen MR) is 52.4 cm³/mol. The number of alkyl halides is 1. The molecule has 0 aliphatic heterocycles. The lowest BCUT2D eigenvalue weighted by atomic mass is 9.81. The van der Waals surface area contributed by atoms with Crippen molar-refractivity contribution in [2.24, 2.45) is 5.41 Å². The molecule has 1 aliphatic carbocycles. The van der Waals surface area contributed by atoms with Crippen LogP contribution in [0.3, 0.4) is 0 Å². The molecule has 0 bridgehead atoms. The quantitative estimate of drug-likeness (QED) is 0.529. The van der Waals surface area contributed by atoms with Gasteiger partial charge in [0, 0.05) is 11.3 Å². The van der Waals surface area contributed by atoms with Crippen molar-refractivity contribution in [3.05, 3.63) is 24.3 Å². The van der Waals surface area contributed by atoms with Crippen LogP contribution >= 0.6 is 11.6 Å². The first kappa shape index (κ1) is 9.82. The molecule has 0 atom stereocenters. The summed E-state index contributed by atoms with van der Waals surface area (Å²) >= 11 is 5.61. The highest BCUT2D eigenvalue weighted by atomic mass is 35.5. The standard InChI is InChI=1S/C10H15ClO/c11-8-4-7-10(9-12)5-2-1-3-6-10/h2-3,5-6,12H,1,4,7-9H2. The number of halogens is 1. The molecule has 0 aromatic rings. The summed E-state index contributed by atoms with van der Waals surface area (Å²) in [5.41, 5.74) is -0.118. The molecule has 1 nitrogen and oxygen atoms in total. The van der Waals surface area contributed by atoms with Gasteiger partial charge in [0.25, 0.3) is 0 Å². The van der Waals surface area contributed by atoms with E-state index in [2.05, 4.69) is 24.3 Å². The molecule has 0 saturated heterocycles. The lowest BCUT2D eigenvalue weighted by Crippen LogP contribution is -2.21. The SMILES string of the molecule is OCC1(CCCCl)C=CCC=C1. The lowest BCUT2D eigenvalue weighted by molar-refractivity contribution is 0.196. The molecule has 0 radical (unpaired) electrons. The van der Waals surface area contributed by atoms with Gasteiger partial charge in [-0.1, -0.05) is 24.3 Å². The Morgan fingerprint density at radius 2 is 2.00 bits per heavy atom. The van der Waals surface area contributed by atoms with Gasteiger partial charge in [0.05, 0.1) is 6.61 Å². The molecular weight excluding hydrogens is 172 g/mol. The summed E-state index contributed by atoms with van der Waals surface area (Å²) in [7, 11) is 0. The van der Waals surface area contributed by atoms with Crippen molar-refractivity contribution in [2.75, 3.05) is 12.5 Å². The van der Waals surface area contributed by atoms with E-state index in [1.165, 1.54) is 0 Å². The second kappa shape index (κ2) is 4.68. The number of aliphatic hydroxyl groups is 1. The molecule has 0 saturated carbocycles. The van der Waals surface area contributed by atoms with E-state index in [0.717, 1.165) is 19.3 Å². The molecule has 0 aromatic heterocycles. The minimum Gasteiger partial charge on any atom is -0.395 e. The third-order valence-electron chi connectivity index (χ3n) is 2.24. The second-order valence-corrected chi connectivity index (χ2v) is 3.60. The van der Waals surface area contributed by atoms with Crippen molar-refractivity contribution in [2.45, 2.75) is 19.3 Å². The minimum absolute atomic E-state index is 0.118. The fourth-order valence-electron chi connectivity index (χ4n) is 1.49. The van der Waals surface area contributed by atoms with E-state index in [0.29, 0.717) is 5.88 Å². The summed E-state index contributed by atoms with van der Waals surface area (Å²) in [6.45, 7) is 0.191. The monoisotopic (exact) mass is 186 g/mol. The molecule has 1 rings (SSSR count). The molecule has 2 heteroatoms. The van der Waals surface area contributed by atoms with Crippen LogP contribution in [0, 0.1) is 5.41 Å². The van der Waals surface area contributed by atoms with E-state index in [1.54, 1.807) is 0 Å². The van der Waals surface area contributed by atoms with Gasteiger partial charge in [-0.2, -0.15) is 0 Å². The van der Waals surface area contributed by atoms with E-state index >= 15 is 0 Å². The zero-order chi connectivity index (χ0) is 8.86. The van der Waals surface area contributed by atoms with Crippen LogP contribution in [-0.2, 0) is 0 Å². The highest BCUT2D eigenvalue weighted by Crippen LogP contribution is 2.30. The van der Waals surface area contributed by atoms with Crippen LogP contribution < -0.4 is 0 Å². The van der Waals surface area contributed by atoms with E-state index in [9.17, 15) is 5.11 Å². The topological polar surface area (TPSA) is 20.2 Å². The molecule has 0 heterocycles. The number of hydrogen-bond acceptors (Lipinski definition) is 1. The van der Waals surface area contributed by atoms with Crippen LogP contribution in [-0.4, -0.2) is 17.6 Å². The van der Waals surface area contributed by atoms with E-state index in [1.807, 2.05) is 0 Å². The molecule has 12 heavy (non-hydrogen) atoms. The van der Waals surface area contributed by atoms with Gasteiger partial charge < -0.3 is 5.11 Å². The van der Waals surface area contributed by atoms with Gasteiger partial charge >= 0.3 is 0 Å². The van der Waals surface area contributed by atoms with Crippen molar-refractivity contribution >= 4 is 11.6 Å². The Balaban J connectivity index is 2.55. The molecule has 0 fully saturated rings. The van der Waals surface area contributed by atoms with Crippen molar-refractivity contribution < 1.29 is 5.11 Å². The highest BCUT2D eigenvalue weighted by molar-refractivity contribution is 6.17. The normalized spacial score (nSPS) is 19.8. The van der Waals surface area contributed by atoms with Crippen molar-refractivity contribution in [1.29, 1.82) is 0 Å². The van der Waals surface area contributed by atoms with Crippen molar-refractivity contribution in [3.8, 4) is 0 Å². The maximum Gasteiger partial charge on any atom is 0.0556 e. The summed E-state index contributed by atoms with van der Waals surface area (Å²) in [5, 5.41) is 9.22. The summed E-state index contributed by atoms with van der Waals surface area (Å²) in [4.78, 5) is 0. The third-order valence-corrected chi connectivity index (χ3v) is 2.51. The molecule has 0 spiro atoms. The van der Waals surface area contributed by atoms with Gasteiger partial charge in [-0.25, -0.2) is 0 Å². The molecular formula is C10H15ClO. The Kier molecular flexibility index (Phi) is 3.83. The average molecular weight is 187 g/mol. The van der Waals surface area contributed by atoms with Gasteiger partial charge in [0.15, 0.2) is 0 Å². The first-order valence-corrected chi connectivity index (χ1v) is 4.89. The molecule has 0 unspecified atom stereocenters. The Morgan fingerprint density at radius 3 is 2.50 bits per heavy atom. The first-order chi connectivity index (χ1) is 5.83. The minimum atomic E-state index is -0.118. The van der Waals surface area contributed by atoms with Crippen LogP contribution in [0.15, 0.2) is 24.3 Å². The summed E-state index contributed by atoms with van der Waals surface area (Å²) in [5.74, 6) is 0.670. The number of allylic oxidation sites excluding steroid dienone is 2. The van der Waals surface area contributed by atoms with E-state index in [-0.39, 0.29) is 12.0 Å². The fraction of sp³-hybridized carbons (Fsp3) is 0.600. The first-order valence-electron chi connectivity index (χ1n) is 4.35. The van der Waals surface area contributed by atoms with Gasteiger partial charge in [-0.15, -0.1) is 11.6 Å². The average Bonchev–Trinajstić information content (AvgIpc) is 2.16. The Bertz CT molecular complexity index is 172. The number of rotatable bonds is 4. The zero-order valence-electron chi connectivity index (χ0n) is 7.17. The predicted octanol–water partition coefficient (Wildman–Crippen LogP) is 2.50. The maximum atomic E-state index is 9.22. The van der Waals surface area contributed by atoms with Crippen LogP contribution in [0.25, 0.3) is 0 Å². The van der Waals surface area contributed by atoms with Crippen molar-refractivity contribution in [3.63, 3.8) is 0 Å². The molecule has 1 N–H and O–H groups in total. The van der Waals surface area contributed by atoms with E-state index < -0.39 is 0 Å². The Labute approximate surface area is 78.7 Å². The summed E-state index contributed by atoms with van der Waals surface area (Å²) in [6, 6.07) is 0. The van der Waals surface area contributed by atoms with Crippen LogP contribution in [0.4, 0.5) is 0 Å². The lowest BCUT2D eigenvalue weighted by Gasteiger charge is -2.26. The molecule has 1 aliphatic rings. The van der Waals surface area contributed by atoms with E-state index in [4.69, 9.17) is 11.6 Å². The Hall–Kier alpha value is -0.270. The fourth-order valence-corrected chi connectivity index (χ4v) is 1.62. The Morgan fingerprint density at radius 1 is 1.33 bits per heavy atom. The summed E-state index contributed by atoms with van der Waals surface area (Å²) in [6.07, 6.45) is 11.3. The molecule has 0 aromatic carbocycles. The molecule has 0 amide bonds. The van der Waals surface area contributed by atoms with Crippen LogP contribution in [0.5, 0.6) is 0 Å². The number of hydrogen-bond donors (Lipinski definition) is 1. The summed E-state index contributed by atoms with van der Waals surface area (Å²) < 4.78 is 0. The zero-order valence-corrected chi connectivity index (χ0v) is 7.93. The molecule has 68 valence electrons. The largest absolute Gasteiger partial charge is 0.395 e. The van der Waals surface area contributed by atoms with Crippen LogP contribution in [0.1, 0.15) is 19.3 Å². The van der Waals surface area contributed by atoms with Gasteiger partial charge in [0.1, 0.15) is 0 Å².